The van der Waals surface area contributed by atoms with Gasteiger partial charge in [0.05, 0.1) is 48.6 Å². The summed E-state index contributed by atoms with van der Waals surface area (Å²) in [6.45, 7) is 5.62. The molecule has 2 heterocycles. The first-order valence-corrected chi connectivity index (χ1v) is 17.5. The number of benzene rings is 4. The fourth-order valence-electron chi connectivity index (χ4n) is 5.88. The van der Waals surface area contributed by atoms with Crippen LogP contribution in [0.3, 0.4) is 0 Å². The first-order chi connectivity index (χ1) is 24.1. The SMILES string of the molecule is COC(=O)Cc1ccc([C@@H]2C(C(=O)OC(C)C)=C(C)N=c3s/c(=C/c4cc(OC)c(OCc5cccc6ccccc56)cc4Br)c(=O)n32)cc1. The molecule has 50 heavy (non-hydrogen) atoms. The van der Waals surface area contributed by atoms with Gasteiger partial charge in [-0.1, -0.05) is 94.0 Å². The molecular formula is C39H35BrN2O7S. The summed E-state index contributed by atoms with van der Waals surface area (Å²) in [6.07, 6.45) is 1.50. The van der Waals surface area contributed by atoms with Crippen LogP contribution in [0.1, 0.15) is 49.1 Å². The fraction of sp³-hybridized carbons (Fsp3) is 0.231. The van der Waals surface area contributed by atoms with Gasteiger partial charge in [0.1, 0.15) is 6.61 Å². The maximum absolute atomic E-state index is 14.2. The van der Waals surface area contributed by atoms with E-state index in [0.29, 0.717) is 48.7 Å². The number of esters is 2. The van der Waals surface area contributed by atoms with E-state index in [2.05, 4.69) is 34.1 Å². The van der Waals surface area contributed by atoms with E-state index in [4.69, 9.17) is 23.9 Å². The summed E-state index contributed by atoms with van der Waals surface area (Å²) in [5.41, 5.74) is 3.57. The van der Waals surface area contributed by atoms with Crippen molar-refractivity contribution in [2.24, 2.45) is 4.99 Å². The van der Waals surface area contributed by atoms with Crippen LogP contribution in [0, 0.1) is 0 Å². The lowest BCUT2D eigenvalue weighted by Gasteiger charge is -2.25. The Morgan fingerprint density at radius 2 is 1.74 bits per heavy atom. The zero-order chi connectivity index (χ0) is 35.5. The smallest absolute Gasteiger partial charge is 0.338 e. The van der Waals surface area contributed by atoms with Crippen LogP contribution in [0.4, 0.5) is 0 Å². The number of carbonyl (C=O) groups is 2. The molecule has 5 aromatic rings. The summed E-state index contributed by atoms with van der Waals surface area (Å²) in [7, 11) is 2.91. The topological polar surface area (TPSA) is 105 Å². The predicted octanol–water partition coefficient (Wildman–Crippen LogP) is 6.41. The van der Waals surface area contributed by atoms with Crippen molar-refractivity contribution in [3.05, 3.63) is 137 Å². The van der Waals surface area contributed by atoms with E-state index in [9.17, 15) is 14.4 Å². The van der Waals surface area contributed by atoms with Crippen molar-refractivity contribution in [1.29, 1.82) is 0 Å². The summed E-state index contributed by atoms with van der Waals surface area (Å²) in [5.74, 6) is 0.137. The summed E-state index contributed by atoms with van der Waals surface area (Å²) >= 11 is 4.90. The van der Waals surface area contributed by atoms with Crippen LogP contribution >= 0.6 is 27.3 Å². The highest BCUT2D eigenvalue weighted by molar-refractivity contribution is 9.10. The van der Waals surface area contributed by atoms with Gasteiger partial charge in [0.2, 0.25) is 0 Å². The summed E-state index contributed by atoms with van der Waals surface area (Å²) in [5, 5.41) is 2.25. The van der Waals surface area contributed by atoms with E-state index in [0.717, 1.165) is 21.9 Å². The van der Waals surface area contributed by atoms with E-state index in [1.165, 1.54) is 23.0 Å². The molecule has 1 aliphatic heterocycles. The average molecular weight is 756 g/mol. The fourth-order valence-corrected chi connectivity index (χ4v) is 7.36. The number of rotatable bonds is 10. The number of methoxy groups -OCH3 is 2. The summed E-state index contributed by atoms with van der Waals surface area (Å²) in [4.78, 5) is 44.7. The van der Waals surface area contributed by atoms with Crippen LogP contribution in [0.15, 0.2) is 104 Å². The average Bonchev–Trinajstić information content (AvgIpc) is 3.41. The Morgan fingerprint density at radius 1 is 1.00 bits per heavy atom. The van der Waals surface area contributed by atoms with Gasteiger partial charge in [-0.3, -0.25) is 14.2 Å². The maximum atomic E-state index is 14.2. The van der Waals surface area contributed by atoms with Crippen LogP contribution in [0.5, 0.6) is 11.5 Å². The minimum absolute atomic E-state index is 0.0992. The largest absolute Gasteiger partial charge is 0.493 e. The van der Waals surface area contributed by atoms with E-state index >= 15 is 0 Å². The Balaban J connectivity index is 1.38. The Morgan fingerprint density at radius 3 is 2.46 bits per heavy atom. The number of halogens is 1. The lowest BCUT2D eigenvalue weighted by Crippen LogP contribution is -2.40. The van der Waals surface area contributed by atoms with Gasteiger partial charge in [-0.05, 0) is 72.0 Å². The Hall–Kier alpha value is -5.00. The van der Waals surface area contributed by atoms with Crippen LogP contribution in [-0.4, -0.2) is 36.8 Å². The van der Waals surface area contributed by atoms with E-state index in [1.54, 1.807) is 58.2 Å². The minimum atomic E-state index is -0.797. The minimum Gasteiger partial charge on any atom is -0.493 e. The summed E-state index contributed by atoms with van der Waals surface area (Å²) < 4.78 is 25.0. The second-order valence-corrected chi connectivity index (χ2v) is 13.8. The van der Waals surface area contributed by atoms with Crippen molar-refractivity contribution in [2.75, 3.05) is 14.2 Å². The zero-order valence-corrected chi connectivity index (χ0v) is 30.6. The number of thiazole rings is 1. The van der Waals surface area contributed by atoms with Gasteiger partial charge in [-0.25, -0.2) is 9.79 Å². The number of hydrogen-bond acceptors (Lipinski definition) is 9. The van der Waals surface area contributed by atoms with Crippen molar-refractivity contribution in [1.82, 2.24) is 4.57 Å². The third kappa shape index (κ3) is 7.15. The highest BCUT2D eigenvalue weighted by Gasteiger charge is 2.34. The highest BCUT2D eigenvalue weighted by atomic mass is 79.9. The second-order valence-electron chi connectivity index (χ2n) is 12.0. The molecule has 1 atom stereocenters. The molecule has 0 radical (unpaired) electrons. The van der Waals surface area contributed by atoms with Crippen LogP contribution in [0.2, 0.25) is 0 Å². The maximum Gasteiger partial charge on any atom is 0.338 e. The number of allylic oxidation sites excluding steroid dienone is 1. The molecule has 1 aliphatic rings. The number of nitrogens with zero attached hydrogens (tertiary/aromatic N) is 2. The quantitative estimate of drug-likeness (QED) is 0.152. The Labute approximate surface area is 301 Å². The lowest BCUT2D eigenvalue weighted by molar-refractivity contribution is -0.143. The van der Waals surface area contributed by atoms with Crippen molar-refractivity contribution in [2.45, 2.75) is 45.9 Å². The van der Waals surface area contributed by atoms with Crippen LogP contribution in [-0.2, 0) is 32.1 Å². The van der Waals surface area contributed by atoms with Gasteiger partial charge < -0.3 is 18.9 Å². The van der Waals surface area contributed by atoms with E-state index in [-0.39, 0.29) is 29.6 Å². The first-order valence-electron chi connectivity index (χ1n) is 15.9. The molecule has 0 aliphatic carbocycles. The molecule has 1 aromatic heterocycles. The molecule has 0 N–H and O–H groups in total. The van der Waals surface area contributed by atoms with Gasteiger partial charge >= 0.3 is 11.9 Å². The zero-order valence-electron chi connectivity index (χ0n) is 28.2. The Bertz CT molecular complexity index is 2320. The highest BCUT2D eigenvalue weighted by Crippen LogP contribution is 2.35. The lowest BCUT2D eigenvalue weighted by atomic mass is 9.94. The normalized spacial score (nSPS) is 14.4. The predicted molar refractivity (Wildman–Crippen MR) is 196 cm³/mol. The second kappa shape index (κ2) is 14.9. The van der Waals surface area contributed by atoms with Gasteiger partial charge in [0.25, 0.3) is 5.56 Å². The molecule has 4 aromatic carbocycles. The molecule has 0 saturated carbocycles. The number of carbonyl (C=O) groups excluding carboxylic acids is 2. The molecule has 6 rings (SSSR count). The van der Waals surface area contributed by atoms with E-state index < -0.39 is 12.0 Å². The third-order valence-electron chi connectivity index (χ3n) is 8.29. The molecule has 256 valence electrons. The molecule has 0 fully saturated rings. The summed E-state index contributed by atoms with van der Waals surface area (Å²) in [6, 6.07) is 24.3. The van der Waals surface area contributed by atoms with Crippen LogP contribution in [0.25, 0.3) is 16.8 Å². The number of hydrogen-bond donors (Lipinski definition) is 0. The van der Waals surface area contributed by atoms with Gasteiger partial charge in [-0.2, -0.15) is 0 Å². The van der Waals surface area contributed by atoms with E-state index in [1.807, 2.05) is 36.4 Å². The molecule has 0 unspecified atom stereocenters. The van der Waals surface area contributed by atoms with Crippen molar-refractivity contribution in [3.63, 3.8) is 0 Å². The van der Waals surface area contributed by atoms with Gasteiger partial charge in [-0.15, -0.1) is 0 Å². The molecule has 0 spiro atoms. The van der Waals surface area contributed by atoms with Crippen molar-refractivity contribution < 1.29 is 28.5 Å². The molecule has 0 saturated heterocycles. The Kier molecular flexibility index (Phi) is 10.4. The molecule has 0 amide bonds. The number of fused-ring (bicyclic) bond motifs is 2. The van der Waals surface area contributed by atoms with Crippen LogP contribution < -0.4 is 24.4 Å². The number of ether oxygens (including phenoxy) is 4. The first kappa shape index (κ1) is 34.8. The molecular weight excluding hydrogens is 720 g/mol. The third-order valence-corrected chi connectivity index (χ3v) is 9.96. The van der Waals surface area contributed by atoms with Crippen molar-refractivity contribution in [3.8, 4) is 11.5 Å². The van der Waals surface area contributed by atoms with Gasteiger partial charge in [0, 0.05) is 4.47 Å². The van der Waals surface area contributed by atoms with Gasteiger partial charge in [0.15, 0.2) is 16.3 Å². The standard InChI is InChI=1S/C39H35BrN2O7S/c1-22(2)49-38(45)35-23(3)41-39-42(36(35)26-15-13-24(14-16-26)17-34(43)47-5)37(44)33(50-39)19-28-18-31(46-4)32(20-30(28)40)48-21-27-11-8-10-25-9-6-7-12-29(25)27/h6-16,18-20,22,36H,17,21H2,1-5H3/b33-19+/t36-/m1/s1. The molecule has 11 heteroatoms. The molecule has 9 nitrogen and oxygen atoms in total. The number of aromatic nitrogens is 1. The van der Waals surface area contributed by atoms with Crippen molar-refractivity contribution >= 4 is 56.1 Å². The molecule has 0 bridgehead atoms. The monoisotopic (exact) mass is 754 g/mol.